The zero-order chi connectivity index (χ0) is 60.5. The van der Waals surface area contributed by atoms with Gasteiger partial charge in [0.05, 0.1) is 34.4 Å². The highest BCUT2D eigenvalue weighted by atomic mass is 16.7. The molecular weight excluding hydrogens is 1030 g/mol. The maximum Gasteiger partial charge on any atom is 0.361 e. The lowest BCUT2D eigenvalue weighted by Crippen LogP contribution is -2.40. The zero-order valence-corrected chi connectivity index (χ0v) is 53.3. The van der Waals surface area contributed by atoms with Gasteiger partial charge < -0.3 is 28.5 Å². The van der Waals surface area contributed by atoms with Crippen molar-refractivity contribution in [2.24, 2.45) is 0 Å². The zero-order valence-electron chi connectivity index (χ0n) is 53.3. The molecule has 0 aliphatic rings. The summed E-state index contributed by atoms with van der Waals surface area (Å²) in [5, 5.41) is 9.73. The molecule has 0 spiro atoms. The highest BCUT2D eigenvalue weighted by Gasteiger charge is 2.25. The van der Waals surface area contributed by atoms with Gasteiger partial charge in [0.25, 0.3) is 6.29 Å². The fraction of sp³-hybridized carbons (Fsp3) is 0.608. The number of nitrogens with zero attached hydrogens (tertiary/aromatic N) is 1. The molecule has 0 aromatic rings. The average Bonchev–Trinajstić information content (AvgIpc) is 3.46. The van der Waals surface area contributed by atoms with Gasteiger partial charge in [-0.25, -0.2) is 4.79 Å². The first-order valence-electron chi connectivity index (χ1n) is 32.6. The molecule has 9 nitrogen and oxygen atoms in total. The molecule has 0 amide bonds. The van der Waals surface area contributed by atoms with Crippen LogP contribution in [0, 0.1) is 0 Å². The van der Waals surface area contributed by atoms with Gasteiger partial charge in [-0.2, -0.15) is 0 Å². The monoisotopic (exact) mass is 1150 g/mol. The smallest absolute Gasteiger partial charge is 0.361 e. The third kappa shape index (κ3) is 64.3. The van der Waals surface area contributed by atoms with Gasteiger partial charge in [0.15, 0.2) is 6.10 Å². The number of carbonyl (C=O) groups is 3. The molecule has 0 saturated carbocycles. The summed E-state index contributed by atoms with van der Waals surface area (Å²) >= 11 is 0. The van der Waals surface area contributed by atoms with Gasteiger partial charge in [0.2, 0.25) is 0 Å². The molecular formula is C74H120NO8+. The number of hydrogen-bond donors (Lipinski definition) is 1. The van der Waals surface area contributed by atoms with Crippen molar-refractivity contribution >= 4 is 17.9 Å². The van der Waals surface area contributed by atoms with E-state index in [1.807, 2.05) is 21.1 Å². The average molecular weight is 1150 g/mol. The molecule has 468 valence electrons. The number of ether oxygens (including phenoxy) is 4. The Bertz CT molecular complexity index is 1920. The molecule has 0 aliphatic heterocycles. The number of esters is 2. The standard InChI is InChI=1S/C74H119NO8/c1-6-8-10-12-14-16-18-20-22-24-26-28-29-30-31-32-33-34-35-36-37-38-39-40-41-42-43-45-47-49-51-53-55-57-59-61-63-65-72(77)83-70(69-82-74(73(78)79)80-67-66-75(3,4)5)68-81-71(76)64-62-60-58-56-54-52-50-48-46-44-27-25-23-21-19-17-15-13-11-9-7-2/h8,10,14,16,19-22,25-28,30-31,33-34,36-37,39-40,42-43,46-49,70,74H,6-7,9,11-13,15,17-18,23-24,29,32,35,38,41,44-45,50-69H2,1-5H3/p+1/b10-8-,16-14-,21-19-,22-20-,27-25-,28-26-,31-30-,34-33-,37-36-,40-39-,43-42-,48-46-,49-47-. The van der Waals surface area contributed by atoms with E-state index < -0.39 is 24.3 Å². The molecule has 0 rings (SSSR count). The Morgan fingerprint density at radius 2 is 0.687 bits per heavy atom. The highest BCUT2D eigenvalue weighted by molar-refractivity contribution is 5.71. The summed E-state index contributed by atoms with van der Waals surface area (Å²) in [6.07, 6.45) is 90.4. The number of carbonyl (C=O) groups excluding carboxylic acids is 2. The molecule has 0 heterocycles. The first-order chi connectivity index (χ1) is 40.6. The third-order valence-electron chi connectivity index (χ3n) is 13.3. The maximum absolute atomic E-state index is 12.9. The van der Waals surface area contributed by atoms with Crippen LogP contribution in [-0.2, 0) is 33.3 Å². The van der Waals surface area contributed by atoms with Crippen molar-refractivity contribution in [3.63, 3.8) is 0 Å². The maximum atomic E-state index is 12.9. The van der Waals surface area contributed by atoms with E-state index in [1.54, 1.807) is 0 Å². The number of carboxylic acids is 1. The van der Waals surface area contributed by atoms with Gasteiger partial charge in [0.1, 0.15) is 13.2 Å². The topological polar surface area (TPSA) is 108 Å². The fourth-order valence-electron chi connectivity index (χ4n) is 8.28. The quantitative estimate of drug-likeness (QED) is 0.0211. The number of unbranched alkanes of at least 4 members (excludes halogenated alkanes) is 17. The van der Waals surface area contributed by atoms with E-state index in [9.17, 15) is 19.5 Å². The summed E-state index contributed by atoms with van der Waals surface area (Å²) in [4.78, 5) is 37.5. The third-order valence-corrected chi connectivity index (χ3v) is 13.3. The Labute approximate surface area is 508 Å². The van der Waals surface area contributed by atoms with E-state index in [4.69, 9.17) is 18.9 Å². The molecule has 0 radical (unpaired) electrons. The molecule has 2 unspecified atom stereocenters. The van der Waals surface area contributed by atoms with Crippen LogP contribution in [0.5, 0.6) is 0 Å². The normalized spacial score (nSPS) is 13.8. The summed E-state index contributed by atoms with van der Waals surface area (Å²) in [6, 6.07) is 0. The molecule has 0 aromatic carbocycles. The van der Waals surface area contributed by atoms with Crippen molar-refractivity contribution in [1.82, 2.24) is 0 Å². The minimum atomic E-state index is -1.53. The minimum absolute atomic E-state index is 0.173. The molecule has 0 bridgehead atoms. The van der Waals surface area contributed by atoms with Gasteiger partial charge in [-0.15, -0.1) is 0 Å². The summed E-state index contributed by atoms with van der Waals surface area (Å²) < 4.78 is 22.9. The van der Waals surface area contributed by atoms with Crippen LogP contribution in [0.1, 0.15) is 232 Å². The first-order valence-corrected chi connectivity index (χ1v) is 32.6. The van der Waals surface area contributed by atoms with Crippen LogP contribution in [-0.4, -0.2) is 87.4 Å². The number of allylic oxidation sites excluding steroid dienone is 26. The summed E-state index contributed by atoms with van der Waals surface area (Å²) in [7, 11) is 5.95. The van der Waals surface area contributed by atoms with Gasteiger partial charge in [-0.1, -0.05) is 249 Å². The number of quaternary nitrogens is 1. The fourth-order valence-corrected chi connectivity index (χ4v) is 8.28. The second-order valence-electron chi connectivity index (χ2n) is 22.3. The number of carboxylic acid groups (broad SMARTS) is 1. The van der Waals surface area contributed by atoms with Crippen molar-refractivity contribution in [1.29, 1.82) is 0 Å². The molecule has 0 fully saturated rings. The largest absolute Gasteiger partial charge is 0.477 e. The Morgan fingerprint density at radius 1 is 0.373 bits per heavy atom. The lowest BCUT2D eigenvalue weighted by molar-refractivity contribution is -0.870. The highest BCUT2D eigenvalue weighted by Crippen LogP contribution is 2.14. The van der Waals surface area contributed by atoms with Crippen molar-refractivity contribution in [2.75, 3.05) is 47.5 Å². The molecule has 2 atom stereocenters. The van der Waals surface area contributed by atoms with E-state index in [0.29, 0.717) is 17.4 Å². The summed E-state index contributed by atoms with van der Waals surface area (Å²) in [5.74, 6) is -2.06. The van der Waals surface area contributed by atoms with E-state index in [-0.39, 0.29) is 38.6 Å². The lowest BCUT2D eigenvalue weighted by atomic mass is 10.1. The van der Waals surface area contributed by atoms with Crippen LogP contribution < -0.4 is 0 Å². The van der Waals surface area contributed by atoms with Crippen molar-refractivity contribution in [2.45, 2.75) is 245 Å². The molecule has 0 saturated heterocycles. The minimum Gasteiger partial charge on any atom is -0.477 e. The first kappa shape index (κ1) is 77.9. The summed E-state index contributed by atoms with van der Waals surface area (Å²) in [6.45, 7) is 4.70. The van der Waals surface area contributed by atoms with Crippen molar-refractivity contribution in [3.05, 3.63) is 158 Å². The second kappa shape index (κ2) is 62.9. The van der Waals surface area contributed by atoms with E-state index in [0.717, 1.165) is 148 Å². The number of rotatable bonds is 58. The number of likely N-dealkylation sites (N-methyl/N-ethyl adjacent to an activating group) is 1. The van der Waals surface area contributed by atoms with E-state index >= 15 is 0 Å². The number of aliphatic carboxylic acids is 1. The van der Waals surface area contributed by atoms with E-state index in [2.05, 4.69) is 172 Å². The number of hydrogen-bond acceptors (Lipinski definition) is 7. The SMILES string of the molecule is CC/C=C\C/C=C\C/C=C\C/C=C\C/C=C\C/C=C\C/C=C\C/C=C\C/C=C\C/C=C\CCCCCCCCC(=O)OC(COC(=O)CCCCCCCC/C=C\C/C=C\C/C=C\CCCCCCC)COC(OCC[N+](C)(C)C)C(=O)O. The Hall–Kier alpha value is -5.09. The van der Waals surface area contributed by atoms with Crippen molar-refractivity contribution in [3.8, 4) is 0 Å². The predicted octanol–water partition coefficient (Wildman–Crippen LogP) is 20.1. The van der Waals surface area contributed by atoms with Crippen molar-refractivity contribution < 1.29 is 42.9 Å². The second-order valence-corrected chi connectivity index (χ2v) is 22.3. The molecule has 1 N–H and O–H groups in total. The molecule has 83 heavy (non-hydrogen) atoms. The lowest BCUT2D eigenvalue weighted by Gasteiger charge is -2.25. The van der Waals surface area contributed by atoms with Gasteiger partial charge in [0, 0.05) is 12.8 Å². The predicted molar refractivity (Wildman–Crippen MR) is 354 cm³/mol. The van der Waals surface area contributed by atoms with Crippen LogP contribution in [0.25, 0.3) is 0 Å². The van der Waals surface area contributed by atoms with Crippen LogP contribution in [0.3, 0.4) is 0 Å². The van der Waals surface area contributed by atoms with Gasteiger partial charge >= 0.3 is 17.9 Å². The van der Waals surface area contributed by atoms with Crippen LogP contribution >= 0.6 is 0 Å². The van der Waals surface area contributed by atoms with E-state index in [1.165, 1.54) is 51.4 Å². The van der Waals surface area contributed by atoms with Crippen LogP contribution in [0.2, 0.25) is 0 Å². The van der Waals surface area contributed by atoms with Crippen LogP contribution in [0.15, 0.2) is 158 Å². The Balaban J connectivity index is 4.28. The summed E-state index contributed by atoms with van der Waals surface area (Å²) in [5.41, 5.74) is 0. The Morgan fingerprint density at radius 3 is 1.02 bits per heavy atom. The molecule has 9 heteroatoms. The van der Waals surface area contributed by atoms with Gasteiger partial charge in [-0.05, 0) is 128 Å². The van der Waals surface area contributed by atoms with Gasteiger partial charge in [-0.3, -0.25) is 9.59 Å². The Kier molecular flexibility index (Phi) is 59.1. The molecule has 0 aliphatic carbocycles. The molecule has 0 aromatic heterocycles. The van der Waals surface area contributed by atoms with Crippen LogP contribution in [0.4, 0.5) is 0 Å².